The van der Waals surface area contributed by atoms with Gasteiger partial charge in [-0.1, -0.05) is 46.3 Å². The van der Waals surface area contributed by atoms with E-state index in [9.17, 15) is 10.1 Å². The van der Waals surface area contributed by atoms with Crippen LogP contribution in [-0.2, 0) is 6.42 Å². The van der Waals surface area contributed by atoms with E-state index in [0.29, 0.717) is 12.0 Å². The van der Waals surface area contributed by atoms with Gasteiger partial charge in [0.05, 0.1) is 10.3 Å². The second-order valence-corrected chi connectivity index (χ2v) is 5.55. The number of benzene rings is 2. The molecule has 2 aromatic carbocycles. The molecule has 0 heterocycles. The zero-order chi connectivity index (χ0) is 13.8. The van der Waals surface area contributed by atoms with Crippen molar-refractivity contribution in [3.05, 3.63) is 74.2 Å². The smallest absolute Gasteiger partial charge is 0.258 e. The molecule has 0 fully saturated rings. The molecule has 98 valence electrons. The monoisotopic (exact) mass is 339 g/mol. The Balaban J connectivity index is 2.21. The van der Waals surface area contributed by atoms with E-state index in [4.69, 9.17) is 11.6 Å². The van der Waals surface area contributed by atoms with Crippen LogP contribution < -0.4 is 0 Å². The zero-order valence-electron chi connectivity index (χ0n) is 9.92. The molecule has 0 saturated carbocycles. The molecule has 1 unspecified atom stereocenters. The highest BCUT2D eigenvalue weighted by Gasteiger charge is 2.17. The van der Waals surface area contributed by atoms with Crippen LogP contribution >= 0.6 is 27.5 Å². The van der Waals surface area contributed by atoms with Gasteiger partial charge in [0.1, 0.15) is 0 Å². The largest absolute Gasteiger partial charge is 0.272 e. The molecule has 0 aliphatic rings. The first kappa shape index (κ1) is 14.0. The molecule has 5 heteroatoms. The first-order valence-electron chi connectivity index (χ1n) is 5.70. The number of hydrogen-bond donors (Lipinski definition) is 0. The number of nitrogens with zero attached hydrogens (tertiary/aromatic N) is 1. The molecular weight excluding hydrogens is 330 g/mol. The van der Waals surface area contributed by atoms with Crippen molar-refractivity contribution >= 4 is 33.2 Å². The predicted octanol–water partition coefficient (Wildman–Crippen LogP) is 4.88. The van der Waals surface area contributed by atoms with Crippen LogP contribution in [0.25, 0.3) is 0 Å². The average molecular weight is 341 g/mol. The third-order valence-corrected chi connectivity index (χ3v) is 3.75. The van der Waals surface area contributed by atoms with Crippen LogP contribution in [0.3, 0.4) is 0 Å². The maximum Gasteiger partial charge on any atom is 0.272 e. The maximum absolute atomic E-state index is 10.9. The molecule has 0 aliphatic heterocycles. The lowest BCUT2D eigenvalue weighted by Gasteiger charge is -2.10. The van der Waals surface area contributed by atoms with Gasteiger partial charge in [0, 0.05) is 16.1 Å². The van der Waals surface area contributed by atoms with Crippen molar-refractivity contribution in [3.8, 4) is 0 Å². The van der Waals surface area contributed by atoms with E-state index >= 15 is 0 Å². The molecular formula is C14H11BrClNO2. The minimum atomic E-state index is -0.374. The predicted molar refractivity (Wildman–Crippen MR) is 79.5 cm³/mol. The van der Waals surface area contributed by atoms with Crippen LogP contribution in [0.2, 0.25) is 0 Å². The number of hydrogen-bond acceptors (Lipinski definition) is 2. The third kappa shape index (κ3) is 3.55. The molecule has 0 bridgehead atoms. The lowest BCUT2D eigenvalue weighted by molar-refractivity contribution is -0.385. The Labute approximate surface area is 124 Å². The molecule has 0 spiro atoms. The summed E-state index contributed by atoms with van der Waals surface area (Å²) in [6.45, 7) is 0. The van der Waals surface area contributed by atoms with E-state index in [1.807, 2.05) is 24.3 Å². The summed E-state index contributed by atoms with van der Waals surface area (Å²) in [4.78, 5) is 10.6. The van der Waals surface area contributed by atoms with Gasteiger partial charge in [-0.3, -0.25) is 10.1 Å². The highest BCUT2D eigenvalue weighted by atomic mass is 79.9. The number of nitro groups is 1. The Kier molecular flexibility index (Phi) is 4.56. The van der Waals surface area contributed by atoms with E-state index in [1.165, 1.54) is 6.07 Å². The van der Waals surface area contributed by atoms with Gasteiger partial charge in [-0.25, -0.2) is 0 Å². The first-order chi connectivity index (χ1) is 9.08. The molecule has 2 rings (SSSR count). The van der Waals surface area contributed by atoms with E-state index in [-0.39, 0.29) is 16.0 Å². The van der Waals surface area contributed by atoms with Crippen LogP contribution in [-0.4, -0.2) is 4.92 Å². The van der Waals surface area contributed by atoms with Crippen molar-refractivity contribution in [1.82, 2.24) is 0 Å². The van der Waals surface area contributed by atoms with Crippen molar-refractivity contribution < 1.29 is 4.92 Å². The summed E-state index contributed by atoms with van der Waals surface area (Å²) in [6, 6.07) is 14.3. The topological polar surface area (TPSA) is 43.1 Å². The second kappa shape index (κ2) is 6.17. The Hall–Kier alpha value is -1.39. The third-order valence-electron chi connectivity index (χ3n) is 2.82. The number of para-hydroxylation sites is 1. The van der Waals surface area contributed by atoms with Crippen LogP contribution in [0, 0.1) is 10.1 Å². The number of halogens is 2. The summed E-state index contributed by atoms with van der Waals surface area (Å²) < 4.78 is 0.978. The summed E-state index contributed by atoms with van der Waals surface area (Å²) in [5.41, 5.74) is 1.71. The number of alkyl halides is 1. The minimum Gasteiger partial charge on any atom is -0.258 e. The highest BCUT2D eigenvalue weighted by molar-refractivity contribution is 9.10. The van der Waals surface area contributed by atoms with Gasteiger partial charge >= 0.3 is 0 Å². The molecule has 0 aliphatic carbocycles. The quantitative estimate of drug-likeness (QED) is 0.452. The average Bonchev–Trinajstić information content (AvgIpc) is 2.39. The van der Waals surface area contributed by atoms with Gasteiger partial charge in [0.25, 0.3) is 5.69 Å². The molecule has 19 heavy (non-hydrogen) atoms. The summed E-state index contributed by atoms with van der Waals surface area (Å²) >= 11 is 9.69. The SMILES string of the molecule is O=[N+]([O-])c1ccccc1CC(Cl)c1ccc(Br)cc1. The Morgan fingerprint density at radius 3 is 2.42 bits per heavy atom. The standard InChI is InChI=1S/C14H11BrClNO2/c15-12-7-5-10(6-8-12)13(16)9-11-3-1-2-4-14(11)17(18)19/h1-8,13H,9H2. The van der Waals surface area contributed by atoms with Crippen molar-refractivity contribution in [3.63, 3.8) is 0 Å². The molecule has 0 saturated heterocycles. The fourth-order valence-corrected chi connectivity index (χ4v) is 2.42. The number of nitro benzene ring substituents is 1. The molecule has 3 nitrogen and oxygen atoms in total. The van der Waals surface area contributed by atoms with Gasteiger partial charge in [-0.2, -0.15) is 0 Å². The first-order valence-corrected chi connectivity index (χ1v) is 6.92. The molecule has 2 aromatic rings. The molecule has 0 N–H and O–H groups in total. The van der Waals surface area contributed by atoms with E-state index in [2.05, 4.69) is 15.9 Å². The minimum absolute atomic E-state index is 0.116. The maximum atomic E-state index is 10.9. The fourth-order valence-electron chi connectivity index (χ4n) is 1.84. The molecule has 0 aromatic heterocycles. The van der Waals surface area contributed by atoms with E-state index in [0.717, 1.165) is 10.0 Å². The fraction of sp³-hybridized carbons (Fsp3) is 0.143. The van der Waals surface area contributed by atoms with Crippen LogP contribution in [0.15, 0.2) is 53.0 Å². The van der Waals surface area contributed by atoms with Gasteiger partial charge in [-0.15, -0.1) is 11.6 Å². The van der Waals surface area contributed by atoms with E-state index in [1.54, 1.807) is 18.2 Å². The second-order valence-electron chi connectivity index (χ2n) is 4.11. The van der Waals surface area contributed by atoms with Crippen molar-refractivity contribution in [1.29, 1.82) is 0 Å². The van der Waals surface area contributed by atoms with Crippen LogP contribution in [0.5, 0.6) is 0 Å². The Morgan fingerprint density at radius 1 is 1.16 bits per heavy atom. The summed E-state index contributed by atoms with van der Waals surface area (Å²) in [6.07, 6.45) is 0.431. The van der Waals surface area contributed by atoms with Crippen molar-refractivity contribution in [2.45, 2.75) is 11.8 Å². The van der Waals surface area contributed by atoms with Gasteiger partial charge in [0.2, 0.25) is 0 Å². The Bertz CT molecular complexity index is 586. The Morgan fingerprint density at radius 2 is 1.79 bits per heavy atom. The number of rotatable bonds is 4. The summed E-state index contributed by atoms with van der Waals surface area (Å²) in [7, 11) is 0. The normalized spacial score (nSPS) is 12.1. The molecule has 0 radical (unpaired) electrons. The zero-order valence-corrected chi connectivity index (χ0v) is 12.3. The summed E-state index contributed by atoms with van der Waals surface area (Å²) in [5, 5.41) is 10.7. The van der Waals surface area contributed by atoms with Crippen LogP contribution in [0.4, 0.5) is 5.69 Å². The highest BCUT2D eigenvalue weighted by Crippen LogP contribution is 2.29. The van der Waals surface area contributed by atoms with Crippen molar-refractivity contribution in [2.24, 2.45) is 0 Å². The van der Waals surface area contributed by atoms with Gasteiger partial charge in [-0.05, 0) is 24.1 Å². The lowest BCUT2D eigenvalue weighted by atomic mass is 10.0. The molecule has 1 atom stereocenters. The summed E-state index contributed by atoms with van der Waals surface area (Å²) in [5.74, 6) is 0. The lowest BCUT2D eigenvalue weighted by Crippen LogP contribution is -2.00. The van der Waals surface area contributed by atoms with Crippen LogP contribution in [0.1, 0.15) is 16.5 Å². The van der Waals surface area contributed by atoms with Crippen molar-refractivity contribution in [2.75, 3.05) is 0 Å². The van der Waals surface area contributed by atoms with E-state index < -0.39 is 0 Å². The van der Waals surface area contributed by atoms with Gasteiger partial charge < -0.3 is 0 Å². The van der Waals surface area contributed by atoms with Gasteiger partial charge in [0.15, 0.2) is 0 Å². The molecule has 0 amide bonds.